The molecule has 4 amide bonds. The first kappa shape index (κ1) is 31.4. The van der Waals surface area contributed by atoms with Gasteiger partial charge in [0.15, 0.2) is 0 Å². The van der Waals surface area contributed by atoms with E-state index in [0.29, 0.717) is 34.3 Å². The summed E-state index contributed by atoms with van der Waals surface area (Å²) in [6.45, 7) is 0. The van der Waals surface area contributed by atoms with Crippen LogP contribution < -0.4 is 32.4 Å². The number of hydrogen-bond acceptors (Lipinski definition) is 11. The number of carbonyl (C=O) groups is 3. The molecule has 0 bridgehead atoms. The Kier molecular flexibility index (Phi) is 8.18. The number of hydrogen-bond donors (Lipinski definition) is 6. The molecule has 6 aromatic rings. The van der Waals surface area contributed by atoms with Crippen LogP contribution in [0.3, 0.4) is 0 Å². The van der Waals surface area contributed by atoms with E-state index in [1.165, 1.54) is 0 Å². The predicted molar refractivity (Wildman–Crippen MR) is 175 cm³/mol. The number of fused-ring (bicyclic) bond motifs is 2. The molecule has 1 atom stereocenters. The molecule has 1 aliphatic carbocycles. The summed E-state index contributed by atoms with van der Waals surface area (Å²) < 4.78 is 2.10. The molecule has 248 valence electrons. The first-order chi connectivity index (χ1) is 23.6. The van der Waals surface area contributed by atoms with Gasteiger partial charge in [-0.3, -0.25) is 35.2 Å². The van der Waals surface area contributed by atoms with Gasteiger partial charge in [0.1, 0.15) is 17.2 Å². The number of Topliss-reactive ketones (excluding diaryl/α,β-unsaturated/α-hetero) is 1. The lowest BCUT2D eigenvalue weighted by Crippen LogP contribution is -2.34. The zero-order valence-corrected chi connectivity index (χ0v) is 26.3. The highest BCUT2D eigenvalue weighted by atomic mass is 35.5. The first-order valence-corrected chi connectivity index (χ1v) is 15.3. The molecular weight excluding hydrogens is 683 g/mol. The molecule has 7 rings (SSSR count). The second-order valence-electron chi connectivity index (χ2n) is 10.8. The first-order valence-electron chi connectivity index (χ1n) is 14.5. The molecule has 4 aromatic heterocycles. The molecule has 0 spiro atoms. The van der Waals surface area contributed by atoms with Crippen LogP contribution in [-0.2, 0) is 4.79 Å². The molecule has 19 nitrogen and oxygen atoms in total. The zero-order valence-electron chi connectivity index (χ0n) is 24.8. The highest BCUT2D eigenvalue weighted by molar-refractivity contribution is 6.31. The van der Waals surface area contributed by atoms with Gasteiger partial charge < -0.3 is 10.6 Å². The fourth-order valence-corrected chi connectivity index (χ4v) is 5.67. The maximum Gasteiger partial charge on any atom is 0.326 e. The van der Waals surface area contributed by atoms with E-state index in [0.717, 1.165) is 9.03 Å². The van der Waals surface area contributed by atoms with Crippen molar-refractivity contribution < 1.29 is 14.4 Å². The maximum atomic E-state index is 13.6. The monoisotopic (exact) mass is 704 g/mol. The van der Waals surface area contributed by atoms with Crippen LogP contribution in [0.5, 0.6) is 0 Å². The van der Waals surface area contributed by atoms with Gasteiger partial charge in [0.25, 0.3) is 34.6 Å². The number of carbonyl (C=O) groups excluding carboxylic acids is 3. The zero-order chi connectivity index (χ0) is 34.2. The van der Waals surface area contributed by atoms with Crippen molar-refractivity contribution in [2.75, 3.05) is 21.3 Å². The molecule has 1 fully saturated rings. The van der Waals surface area contributed by atoms with Crippen LogP contribution in [0.25, 0.3) is 11.6 Å². The van der Waals surface area contributed by atoms with Crippen LogP contribution in [0.4, 0.5) is 32.9 Å². The van der Waals surface area contributed by atoms with Crippen molar-refractivity contribution >= 4 is 75.9 Å². The van der Waals surface area contributed by atoms with Crippen LogP contribution >= 0.6 is 23.2 Å². The van der Waals surface area contributed by atoms with Crippen molar-refractivity contribution in [1.82, 2.24) is 49.6 Å². The normalized spacial score (nSPS) is 14.4. The lowest BCUT2D eigenvalue weighted by atomic mass is 9.85. The van der Waals surface area contributed by atoms with E-state index >= 15 is 0 Å². The number of aromatic amines is 2. The van der Waals surface area contributed by atoms with Crippen molar-refractivity contribution in [2.24, 2.45) is 5.92 Å². The summed E-state index contributed by atoms with van der Waals surface area (Å²) >= 11 is 11.8. The number of aromatic nitrogens is 10. The van der Waals surface area contributed by atoms with Gasteiger partial charge in [-0.25, -0.2) is 19.6 Å². The molecule has 4 heterocycles. The number of urea groups is 2. The van der Waals surface area contributed by atoms with Crippen molar-refractivity contribution in [2.45, 2.75) is 25.2 Å². The molecule has 0 radical (unpaired) electrons. The Bertz CT molecular complexity index is 2210. The molecule has 49 heavy (non-hydrogen) atoms. The third-order valence-electron chi connectivity index (χ3n) is 7.62. The lowest BCUT2D eigenvalue weighted by Gasteiger charge is -2.20. The van der Waals surface area contributed by atoms with Crippen molar-refractivity contribution in [3.05, 3.63) is 90.7 Å². The third-order valence-corrected chi connectivity index (χ3v) is 8.13. The average molecular weight is 705 g/mol. The van der Waals surface area contributed by atoms with Crippen LogP contribution in [0, 0.1) is 5.92 Å². The molecule has 1 aliphatic rings. The van der Waals surface area contributed by atoms with E-state index in [-0.39, 0.29) is 47.0 Å². The van der Waals surface area contributed by atoms with E-state index in [4.69, 9.17) is 23.2 Å². The number of amides is 4. The van der Waals surface area contributed by atoms with Crippen LogP contribution in [-0.4, -0.2) is 67.4 Å². The molecule has 6 N–H and O–H groups in total. The number of ketones is 1. The fraction of sp³-hybridized carbons (Fsp3) is 0.179. The van der Waals surface area contributed by atoms with Crippen molar-refractivity contribution in [1.29, 1.82) is 0 Å². The number of nitrogens with one attached hydrogen (secondary N) is 6. The minimum absolute atomic E-state index is 0.134. The highest BCUT2D eigenvalue weighted by Gasteiger charge is 2.39. The van der Waals surface area contributed by atoms with Gasteiger partial charge in [0.2, 0.25) is 0 Å². The SMILES string of the molecule is O=C(Nc1ccc(Cl)cc1)Nc1nnc2nc(C(c3nc4nnc(NC(=O)Nc5ccc(Cl)cc5)n4[nH]c3=O)C3CCCC3=O)c(=O)[nH]n12. The predicted octanol–water partition coefficient (Wildman–Crippen LogP) is 3.03. The van der Waals surface area contributed by atoms with Gasteiger partial charge in [-0.15, -0.1) is 20.4 Å². The topological polar surface area (TPSA) is 251 Å². The standard InChI is InChI=1S/C28H22Cl2N14O5/c29-12-4-8-14(9-5-12)31-27(48)35-25-39-37-23-33-19(21(46)41-43(23)25)18(16-2-1-3-17(16)45)20-22(47)42-44-24(34-20)38-40-26(44)36-28(49)32-15-10-6-13(30)7-11-15/h4-11,16,18H,1-3H2,(H,41,46)(H,42,47)(H2,31,35,39,48)(H2,32,36,40,49). The molecule has 0 aliphatic heterocycles. The Morgan fingerprint density at radius 2 is 1.14 bits per heavy atom. The second kappa shape index (κ2) is 12.8. The smallest absolute Gasteiger partial charge is 0.308 e. The number of H-pyrrole nitrogens is 2. The molecular formula is C28H22Cl2N14O5. The van der Waals surface area contributed by atoms with E-state index in [9.17, 15) is 24.0 Å². The summed E-state index contributed by atoms with van der Waals surface area (Å²) in [6, 6.07) is 11.4. The Hall–Kier alpha value is -6.21. The van der Waals surface area contributed by atoms with Gasteiger partial charge in [0, 0.05) is 33.8 Å². The van der Waals surface area contributed by atoms with Gasteiger partial charge in [-0.2, -0.15) is 9.03 Å². The minimum atomic E-state index is -1.21. The van der Waals surface area contributed by atoms with Gasteiger partial charge in [-0.05, 0) is 61.4 Å². The quantitative estimate of drug-likeness (QED) is 0.141. The molecule has 0 saturated heterocycles. The Morgan fingerprint density at radius 1 is 0.694 bits per heavy atom. The maximum absolute atomic E-state index is 13.6. The summed E-state index contributed by atoms with van der Waals surface area (Å²) in [6.07, 6.45) is 1.13. The second-order valence-corrected chi connectivity index (χ2v) is 11.7. The largest absolute Gasteiger partial charge is 0.326 e. The Balaban J connectivity index is 1.19. The van der Waals surface area contributed by atoms with Crippen LogP contribution in [0.1, 0.15) is 36.6 Å². The highest BCUT2D eigenvalue weighted by Crippen LogP contribution is 2.36. The molecule has 1 saturated carbocycles. The molecule has 1 unspecified atom stereocenters. The van der Waals surface area contributed by atoms with Gasteiger partial charge >= 0.3 is 12.1 Å². The third kappa shape index (κ3) is 6.39. The van der Waals surface area contributed by atoms with Crippen molar-refractivity contribution in [3.8, 4) is 0 Å². The number of benzene rings is 2. The fourth-order valence-electron chi connectivity index (χ4n) is 5.42. The van der Waals surface area contributed by atoms with Crippen LogP contribution in [0.2, 0.25) is 10.0 Å². The summed E-state index contributed by atoms with van der Waals surface area (Å²) in [5.74, 6) is -2.80. The van der Waals surface area contributed by atoms with Crippen molar-refractivity contribution in [3.63, 3.8) is 0 Å². The summed E-state index contributed by atoms with van der Waals surface area (Å²) in [4.78, 5) is 74.0. The van der Waals surface area contributed by atoms with Gasteiger partial charge in [0.05, 0.1) is 5.92 Å². The number of anilines is 4. The Morgan fingerprint density at radius 3 is 1.55 bits per heavy atom. The van der Waals surface area contributed by atoms with Gasteiger partial charge in [-0.1, -0.05) is 23.2 Å². The number of nitrogens with zero attached hydrogens (tertiary/aromatic N) is 8. The van der Waals surface area contributed by atoms with Crippen LogP contribution in [0.15, 0.2) is 58.1 Å². The number of rotatable bonds is 7. The van der Waals surface area contributed by atoms with E-state index in [1.54, 1.807) is 48.5 Å². The average Bonchev–Trinajstić information content (AvgIpc) is 3.78. The van der Waals surface area contributed by atoms with E-state index in [2.05, 4.69) is 61.8 Å². The molecule has 2 aromatic carbocycles. The minimum Gasteiger partial charge on any atom is -0.308 e. The Labute approximate surface area is 282 Å². The summed E-state index contributed by atoms with van der Waals surface area (Å²) in [5.41, 5.74) is -1.14. The summed E-state index contributed by atoms with van der Waals surface area (Å²) in [5, 5.41) is 31.9. The van der Waals surface area contributed by atoms with E-state index < -0.39 is 35.0 Å². The summed E-state index contributed by atoms with van der Waals surface area (Å²) in [7, 11) is 0. The van der Waals surface area contributed by atoms with E-state index in [1.807, 2.05) is 0 Å². The molecule has 21 heteroatoms. The lowest BCUT2D eigenvalue weighted by molar-refractivity contribution is -0.121. The number of halogens is 2.